The molecule has 23 heavy (non-hydrogen) atoms. The highest BCUT2D eigenvalue weighted by molar-refractivity contribution is 7.14. The quantitative estimate of drug-likeness (QED) is 0.725. The molecule has 0 aromatic carbocycles. The Morgan fingerprint density at radius 1 is 1.26 bits per heavy atom. The van der Waals surface area contributed by atoms with Gasteiger partial charge in [0.25, 0.3) is 11.8 Å². The van der Waals surface area contributed by atoms with E-state index in [2.05, 4.69) is 10.6 Å². The van der Waals surface area contributed by atoms with Gasteiger partial charge in [0.2, 0.25) is 0 Å². The van der Waals surface area contributed by atoms with Crippen molar-refractivity contribution in [3.63, 3.8) is 0 Å². The fraction of sp³-hybridized carbons (Fsp3) is 0.375. The molecule has 0 bridgehead atoms. The number of furan rings is 1. The van der Waals surface area contributed by atoms with Gasteiger partial charge in [-0.2, -0.15) is 0 Å². The van der Waals surface area contributed by atoms with Crippen LogP contribution in [0.4, 0.5) is 5.00 Å². The van der Waals surface area contributed by atoms with Crippen molar-refractivity contribution in [3.05, 3.63) is 41.2 Å². The molecule has 0 saturated heterocycles. The number of thiophene rings is 1. The molecule has 0 saturated carbocycles. The van der Waals surface area contributed by atoms with Crippen molar-refractivity contribution >= 4 is 28.2 Å². The molecule has 0 fully saturated rings. The van der Waals surface area contributed by atoms with Crippen LogP contribution in [0.25, 0.3) is 0 Å². The standard InChI is InChI=1S/C16H21N3O3S/c1-3-16(17,4-2)10-18-13(20)11-7-9-23-15(11)19-14(21)12-6-5-8-22-12/h5-9H,3-4,10,17H2,1-2H3,(H,18,20)(H,19,21). The van der Waals surface area contributed by atoms with E-state index in [9.17, 15) is 9.59 Å². The van der Waals surface area contributed by atoms with Gasteiger partial charge < -0.3 is 20.8 Å². The molecular weight excluding hydrogens is 314 g/mol. The molecule has 0 aliphatic heterocycles. The van der Waals surface area contributed by atoms with E-state index in [0.29, 0.717) is 17.1 Å². The summed E-state index contributed by atoms with van der Waals surface area (Å²) in [6, 6.07) is 4.87. The lowest BCUT2D eigenvalue weighted by atomic mass is 9.94. The average Bonchev–Trinajstić information content (AvgIpc) is 3.23. The van der Waals surface area contributed by atoms with Crippen LogP contribution in [0.2, 0.25) is 0 Å². The Kier molecular flexibility index (Phi) is 5.57. The Labute approximate surface area is 139 Å². The van der Waals surface area contributed by atoms with Crippen LogP contribution in [0.1, 0.15) is 47.6 Å². The van der Waals surface area contributed by atoms with Crippen molar-refractivity contribution in [3.8, 4) is 0 Å². The van der Waals surface area contributed by atoms with E-state index in [1.54, 1.807) is 23.6 Å². The molecule has 0 unspecified atom stereocenters. The van der Waals surface area contributed by atoms with Crippen LogP contribution in [0.5, 0.6) is 0 Å². The highest BCUT2D eigenvalue weighted by Crippen LogP contribution is 2.24. The van der Waals surface area contributed by atoms with E-state index in [0.717, 1.165) is 12.8 Å². The molecule has 124 valence electrons. The first-order valence-electron chi connectivity index (χ1n) is 7.48. The van der Waals surface area contributed by atoms with E-state index in [1.165, 1.54) is 17.6 Å². The van der Waals surface area contributed by atoms with Crippen LogP contribution in [-0.2, 0) is 0 Å². The maximum Gasteiger partial charge on any atom is 0.291 e. The zero-order valence-electron chi connectivity index (χ0n) is 13.2. The van der Waals surface area contributed by atoms with E-state index in [1.807, 2.05) is 13.8 Å². The van der Waals surface area contributed by atoms with Crippen molar-refractivity contribution < 1.29 is 14.0 Å². The Morgan fingerprint density at radius 2 is 2.00 bits per heavy atom. The lowest BCUT2D eigenvalue weighted by Crippen LogP contribution is -2.49. The monoisotopic (exact) mass is 335 g/mol. The molecule has 0 aliphatic carbocycles. The molecule has 4 N–H and O–H groups in total. The molecule has 2 aromatic rings. The molecular formula is C16H21N3O3S. The van der Waals surface area contributed by atoms with Crippen LogP contribution in [0.3, 0.4) is 0 Å². The summed E-state index contributed by atoms with van der Waals surface area (Å²) in [6.07, 6.45) is 2.97. The third-order valence-corrected chi connectivity index (χ3v) is 4.72. The maximum atomic E-state index is 12.3. The van der Waals surface area contributed by atoms with Crippen LogP contribution in [-0.4, -0.2) is 23.9 Å². The summed E-state index contributed by atoms with van der Waals surface area (Å²) in [5, 5.41) is 7.77. The maximum absolute atomic E-state index is 12.3. The summed E-state index contributed by atoms with van der Waals surface area (Å²) in [5.74, 6) is -0.442. The van der Waals surface area contributed by atoms with Gasteiger partial charge in [-0.1, -0.05) is 13.8 Å². The number of carbonyl (C=O) groups is 2. The molecule has 0 radical (unpaired) electrons. The fourth-order valence-corrected chi connectivity index (χ4v) is 2.79. The zero-order chi connectivity index (χ0) is 16.9. The van der Waals surface area contributed by atoms with Crippen molar-refractivity contribution in [2.45, 2.75) is 32.2 Å². The molecule has 0 spiro atoms. The predicted octanol–water partition coefficient (Wildman–Crippen LogP) is 2.84. The first-order valence-corrected chi connectivity index (χ1v) is 8.36. The predicted molar refractivity (Wildman–Crippen MR) is 90.8 cm³/mol. The summed E-state index contributed by atoms with van der Waals surface area (Å²) >= 11 is 1.28. The van der Waals surface area contributed by atoms with Crippen LogP contribution >= 0.6 is 11.3 Å². The zero-order valence-corrected chi connectivity index (χ0v) is 14.0. The average molecular weight is 335 g/mol. The highest BCUT2D eigenvalue weighted by Gasteiger charge is 2.23. The second kappa shape index (κ2) is 7.43. The molecule has 7 heteroatoms. The topological polar surface area (TPSA) is 97.4 Å². The lowest BCUT2D eigenvalue weighted by molar-refractivity contribution is 0.0943. The minimum Gasteiger partial charge on any atom is -0.459 e. The van der Waals surface area contributed by atoms with E-state index >= 15 is 0 Å². The minimum absolute atomic E-state index is 0.197. The molecule has 2 rings (SSSR count). The Balaban J connectivity index is 2.02. The van der Waals surface area contributed by atoms with Gasteiger partial charge in [0.1, 0.15) is 5.00 Å². The van der Waals surface area contributed by atoms with Crippen LogP contribution in [0.15, 0.2) is 34.3 Å². The first kappa shape index (κ1) is 17.2. The van der Waals surface area contributed by atoms with Gasteiger partial charge in [-0.25, -0.2) is 0 Å². The SMILES string of the molecule is CCC(N)(CC)CNC(=O)c1ccsc1NC(=O)c1ccco1. The number of anilines is 1. The van der Waals surface area contributed by atoms with Crippen molar-refractivity contribution in [2.24, 2.45) is 5.73 Å². The number of nitrogens with two attached hydrogens (primary N) is 1. The van der Waals surface area contributed by atoms with Gasteiger partial charge in [-0.05, 0) is 36.4 Å². The van der Waals surface area contributed by atoms with Gasteiger partial charge in [0.05, 0.1) is 11.8 Å². The van der Waals surface area contributed by atoms with Crippen molar-refractivity contribution in [1.82, 2.24) is 5.32 Å². The highest BCUT2D eigenvalue weighted by atomic mass is 32.1. The third-order valence-electron chi connectivity index (χ3n) is 3.89. The molecule has 2 amide bonds. The number of amides is 2. The number of hydrogen-bond acceptors (Lipinski definition) is 5. The summed E-state index contributed by atoms with van der Waals surface area (Å²) in [4.78, 5) is 24.3. The van der Waals surface area contributed by atoms with E-state index in [-0.39, 0.29) is 17.6 Å². The smallest absolute Gasteiger partial charge is 0.291 e. The van der Waals surface area contributed by atoms with Gasteiger partial charge in [-0.15, -0.1) is 11.3 Å². The van der Waals surface area contributed by atoms with Gasteiger partial charge in [0, 0.05) is 12.1 Å². The molecule has 2 heterocycles. The largest absolute Gasteiger partial charge is 0.459 e. The Bertz CT molecular complexity index is 660. The molecule has 0 aliphatic rings. The number of rotatable bonds is 7. The molecule has 0 atom stereocenters. The van der Waals surface area contributed by atoms with Gasteiger partial charge in [-0.3, -0.25) is 9.59 Å². The molecule has 6 nitrogen and oxygen atoms in total. The number of carbonyl (C=O) groups excluding carboxylic acids is 2. The van der Waals surface area contributed by atoms with E-state index < -0.39 is 5.54 Å². The lowest BCUT2D eigenvalue weighted by Gasteiger charge is -2.26. The summed E-state index contributed by atoms with van der Waals surface area (Å²) in [6.45, 7) is 4.38. The molecule has 2 aromatic heterocycles. The summed E-state index contributed by atoms with van der Waals surface area (Å²) in [7, 11) is 0. The number of nitrogens with one attached hydrogen (secondary N) is 2. The Morgan fingerprint density at radius 3 is 2.61 bits per heavy atom. The van der Waals surface area contributed by atoms with Crippen molar-refractivity contribution in [2.75, 3.05) is 11.9 Å². The summed E-state index contributed by atoms with van der Waals surface area (Å²) < 4.78 is 5.04. The number of hydrogen-bond donors (Lipinski definition) is 3. The summed E-state index contributed by atoms with van der Waals surface area (Å²) in [5.41, 5.74) is 6.19. The van der Waals surface area contributed by atoms with E-state index in [4.69, 9.17) is 10.2 Å². The first-order chi connectivity index (χ1) is 11.0. The second-order valence-electron chi connectivity index (χ2n) is 5.35. The van der Waals surface area contributed by atoms with Gasteiger partial charge >= 0.3 is 0 Å². The second-order valence-corrected chi connectivity index (χ2v) is 6.26. The van der Waals surface area contributed by atoms with Crippen molar-refractivity contribution in [1.29, 1.82) is 0 Å². The Hall–Kier alpha value is -2.12. The normalized spacial score (nSPS) is 11.3. The minimum atomic E-state index is -0.413. The fourth-order valence-electron chi connectivity index (χ4n) is 2.01. The van der Waals surface area contributed by atoms with Crippen LogP contribution < -0.4 is 16.4 Å². The third kappa shape index (κ3) is 4.20. The van der Waals surface area contributed by atoms with Gasteiger partial charge in [0.15, 0.2) is 5.76 Å². The van der Waals surface area contributed by atoms with Crippen LogP contribution in [0, 0.1) is 0 Å².